The van der Waals surface area contributed by atoms with E-state index in [0.29, 0.717) is 65.3 Å². The minimum atomic E-state index is -1.18. The van der Waals surface area contributed by atoms with Crippen LogP contribution in [0.5, 0.6) is 5.88 Å². The van der Waals surface area contributed by atoms with E-state index < -0.39 is 17.6 Å². The van der Waals surface area contributed by atoms with Gasteiger partial charge in [-0.2, -0.15) is 0 Å². The number of piperidine rings is 1. The number of imidazole rings is 1. The van der Waals surface area contributed by atoms with Crippen molar-refractivity contribution in [3.8, 4) is 5.88 Å². The lowest BCUT2D eigenvalue weighted by molar-refractivity contribution is -0.0591. The third kappa shape index (κ3) is 5.05. The minimum Gasteiger partial charge on any atom is -0.478 e. The van der Waals surface area contributed by atoms with Crippen LogP contribution in [-0.2, 0) is 24.4 Å². The molecule has 2 saturated heterocycles. The van der Waals surface area contributed by atoms with Gasteiger partial charge < -0.3 is 19.1 Å². The zero-order valence-corrected chi connectivity index (χ0v) is 22.7. The van der Waals surface area contributed by atoms with E-state index in [1.165, 1.54) is 12.1 Å². The molecule has 0 bridgehead atoms. The van der Waals surface area contributed by atoms with Gasteiger partial charge >= 0.3 is 5.97 Å². The molecule has 3 aliphatic rings. The number of ether oxygens (including phenoxy) is 2. The Balaban J connectivity index is 1.03. The largest absolute Gasteiger partial charge is 0.478 e. The highest BCUT2D eigenvalue weighted by atomic mass is 35.5. The van der Waals surface area contributed by atoms with Crippen molar-refractivity contribution in [3.05, 3.63) is 87.8 Å². The second kappa shape index (κ2) is 10.3. The molecule has 0 unspecified atom stereocenters. The maximum atomic E-state index is 14.8. The zero-order valence-electron chi connectivity index (χ0n) is 22.0. The van der Waals surface area contributed by atoms with Crippen molar-refractivity contribution in [1.29, 1.82) is 0 Å². The zero-order chi connectivity index (χ0) is 28.2. The molecule has 8 nitrogen and oxygen atoms in total. The van der Waals surface area contributed by atoms with E-state index in [-0.39, 0.29) is 23.8 Å². The molecular formula is C30H27ClF2N4O4. The van der Waals surface area contributed by atoms with Crippen LogP contribution in [0.25, 0.3) is 11.0 Å². The van der Waals surface area contributed by atoms with Crippen LogP contribution in [-0.4, -0.2) is 56.3 Å². The summed E-state index contributed by atoms with van der Waals surface area (Å²) in [4.78, 5) is 23.2. The van der Waals surface area contributed by atoms with Crippen LogP contribution < -0.4 is 4.74 Å². The molecule has 4 atom stereocenters. The summed E-state index contributed by atoms with van der Waals surface area (Å²) in [7, 11) is 0. The summed E-state index contributed by atoms with van der Waals surface area (Å²) in [6.07, 6.45) is 0.913. The molecule has 212 valence electrons. The number of fused-ring (bicyclic) bond motifs is 2. The molecule has 0 radical (unpaired) electrons. The Morgan fingerprint density at radius 2 is 1.90 bits per heavy atom. The van der Waals surface area contributed by atoms with Gasteiger partial charge in [0, 0.05) is 48.0 Å². The lowest BCUT2D eigenvalue weighted by atomic mass is 10.1. The van der Waals surface area contributed by atoms with Crippen LogP contribution in [0.15, 0.2) is 48.5 Å². The molecule has 3 fully saturated rings. The topological polar surface area (TPSA) is 89.7 Å². The minimum absolute atomic E-state index is 0.0100. The lowest BCUT2D eigenvalue weighted by Gasteiger charge is -2.28. The smallest absolute Gasteiger partial charge is 0.335 e. The standard InChI is InChI=1S/C30H27ClF2N4O4/c31-18-5-4-16(22(32)10-18)15-41-27-3-1-2-24(34-27)28-20-12-36(13-21(20)28)14-26-35-29-23(33)8-17(30(38)39)9-25(29)37(26)11-19-6-7-40-19/h1-5,8-10,19-21,28H,6-7,11-15H2,(H,38,39)/t19-,20-,21+,28+/m0/s1. The molecule has 1 aliphatic carbocycles. The summed E-state index contributed by atoms with van der Waals surface area (Å²) in [5.74, 6) is 0.135. The number of aromatic carboxylic acids is 1. The third-order valence-corrected chi connectivity index (χ3v) is 8.66. The van der Waals surface area contributed by atoms with E-state index >= 15 is 0 Å². The number of rotatable bonds is 9. The molecule has 2 aliphatic heterocycles. The van der Waals surface area contributed by atoms with Crippen molar-refractivity contribution < 1.29 is 28.2 Å². The van der Waals surface area contributed by atoms with Crippen LogP contribution >= 0.6 is 11.6 Å². The molecule has 2 aromatic carbocycles. The highest BCUT2D eigenvalue weighted by Crippen LogP contribution is 2.58. The van der Waals surface area contributed by atoms with E-state index in [0.717, 1.165) is 31.3 Å². The summed E-state index contributed by atoms with van der Waals surface area (Å²) < 4.78 is 42.3. The lowest BCUT2D eigenvalue weighted by Crippen LogP contribution is -2.33. The van der Waals surface area contributed by atoms with Crippen molar-refractivity contribution in [2.24, 2.45) is 11.8 Å². The predicted molar refractivity (Wildman–Crippen MR) is 146 cm³/mol. The van der Waals surface area contributed by atoms with Gasteiger partial charge in [0.15, 0.2) is 5.82 Å². The second-order valence-electron chi connectivity index (χ2n) is 11.0. The maximum Gasteiger partial charge on any atom is 0.335 e. The number of nitrogens with zero attached hydrogens (tertiary/aromatic N) is 4. The highest BCUT2D eigenvalue weighted by molar-refractivity contribution is 6.30. The first-order chi connectivity index (χ1) is 19.8. The Kier molecular flexibility index (Phi) is 6.64. The van der Waals surface area contributed by atoms with Gasteiger partial charge in [0.2, 0.25) is 5.88 Å². The Labute approximate surface area is 239 Å². The highest BCUT2D eigenvalue weighted by Gasteiger charge is 2.57. The van der Waals surface area contributed by atoms with Gasteiger partial charge in [0.05, 0.1) is 30.3 Å². The van der Waals surface area contributed by atoms with Gasteiger partial charge in [-0.1, -0.05) is 23.7 Å². The number of likely N-dealkylation sites (tertiary alicyclic amines) is 1. The van der Waals surface area contributed by atoms with Gasteiger partial charge in [-0.25, -0.2) is 23.5 Å². The van der Waals surface area contributed by atoms with Gasteiger partial charge in [-0.15, -0.1) is 0 Å². The van der Waals surface area contributed by atoms with Crippen LogP contribution in [0.1, 0.15) is 39.8 Å². The molecule has 1 N–H and O–H groups in total. The van der Waals surface area contributed by atoms with E-state index in [4.69, 9.17) is 26.1 Å². The Bertz CT molecular complexity index is 1650. The van der Waals surface area contributed by atoms with E-state index in [1.807, 2.05) is 16.7 Å². The van der Waals surface area contributed by atoms with Crippen molar-refractivity contribution >= 4 is 28.6 Å². The summed E-state index contributed by atoms with van der Waals surface area (Å²) in [6, 6.07) is 12.7. The fourth-order valence-electron chi connectivity index (χ4n) is 6.18. The Morgan fingerprint density at radius 3 is 2.61 bits per heavy atom. The van der Waals surface area contributed by atoms with Crippen LogP contribution in [0, 0.1) is 23.5 Å². The fraction of sp³-hybridized carbons (Fsp3) is 0.367. The number of aromatic nitrogens is 3. The number of hydrogen-bond acceptors (Lipinski definition) is 6. The number of halogens is 3. The van der Waals surface area contributed by atoms with Crippen molar-refractivity contribution in [2.45, 2.75) is 38.1 Å². The fourth-order valence-corrected chi connectivity index (χ4v) is 6.34. The van der Waals surface area contributed by atoms with E-state index in [2.05, 4.69) is 9.88 Å². The van der Waals surface area contributed by atoms with E-state index in [1.54, 1.807) is 18.2 Å². The normalized spacial score (nSPS) is 23.4. The first-order valence-corrected chi connectivity index (χ1v) is 14.0. The first-order valence-electron chi connectivity index (χ1n) is 13.6. The van der Waals surface area contributed by atoms with Crippen molar-refractivity contribution in [2.75, 3.05) is 19.7 Å². The Morgan fingerprint density at radius 1 is 1.10 bits per heavy atom. The predicted octanol–water partition coefficient (Wildman–Crippen LogP) is 5.27. The average Bonchev–Trinajstić information content (AvgIpc) is 3.23. The molecular weight excluding hydrogens is 554 g/mol. The van der Waals surface area contributed by atoms with Crippen LogP contribution in [0.4, 0.5) is 8.78 Å². The summed E-state index contributed by atoms with van der Waals surface area (Å²) in [5.41, 5.74) is 1.95. The molecule has 4 heterocycles. The van der Waals surface area contributed by atoms with Gasteiger partial charge in [-0.05, 0) is 48.6 Å². The number of hydrogen-bond donors (Lipinski definition) is 1. The monoisotopic (exact) mass is 580 g/mol. The molecule has 0 amide bonds. The van der Waals surface area contributed by atoms with Crippen LogP contribution in [0.2, 0.25) is 5.02 Å². The van der Waals surface area contributed by atoms with E-state index in [9.17, 15) is 18.7 Å². The molecule has 11 heteroatoms. The number of carboxylic acid groups (broad SMARTS) is 1. The summed E-state index contributed by atoms with van der Waals surface area (Å²) in [5, 5.41) is 9.78. The van der Waals surface area contributed by atoms with Gasteiger partial charge in [0.1, 0.15) is 23.8 Å². The number of carboxylic acids is 1. The Hall–Kier alpha value is -3.60. The van der Waals surface area contributed by atoms with Crippen molar-refractivity contribution in [3.63, 3.8) is 0 Å². The molecule has 4 aromatic rings. The molecule has 7 rings (SSSR count). The SMILES string of the molecule is O=C(O)c1cc(F)c2nc(CN3C[C@@H]4[C@H](C3)[C@H]4c3cccc(OCc4ccc(Cl)cc4F)n3)n(C[C@@H]3CCO3)c2c1. The molecule has 0 spiro atoms. The summed E-state index contributed by atoms with van der Waals surface area (Å²) >= 11 is 5.83. The molecule has 1 saturated carbocycles. The summed E-state index contributed by atoms with van der Waals surface area (Å²) in [6.45, 7) is 3.50. The van der Waals surface area contributed by atoms with Gasteiger partial charge in [-0.3, -0.25) is 4.90 Å². The molecule has 41 heavy (non-hydrogen) atoms. The number of benzene rings is 2. The number of pyridine rings is 1. The number of carbonyl (C=O) groups is 1. The maximum absolute atomic E-state index is 14.8. The van der Waals surface area contributed by atoms with Crippen molar-refractivity contribution in [1.82, 2.24) is 19.4 Å². The third-order valence-electron chi connectivity index (χ3n) is 8.42. The second-order valence-corrected chi connectivity index (χ2v) is 11.5. The first kappa shape index (κ1) is 26.3. The average molecular weight is 581 g/mol. The van der Waals surface area contributed by atoms with Crippen LogP contribution in [0.3, 0.4) is 0 Å². The quantitative estimate of drug-likeness (QED) is 0.288. The molecule has 2 aromatic heterocycles. The van der Waals surface area contributed by atoms with Gasteiger partial charge in [0.25, 0.3) is 0 Å².